The van der Waals surface area contributed by atoms with Crippen LogP contribution in [0.4, 0.5) is 24.5 Å². The van der Waals surface area contributed by atoms with E-state index >= 15 is 0 Å². The Balaban J connectivity index is 2.83. The average molecular weight is 272 g/mol. The molecule has 0 saturated carbocycles. The molecule has 100 valence electrons. The molecule has 0 amide bonds. The molecule has 0 fully saturated rings. The number of rotatable bonds is 2. The standard InChI is InChI=1S/C10H7F3N4O2/c11-10(12,13)8-7(16-4-3-15-5-16)2-1-6(14)9(8)17(18)19/h1-5H,14H2. The Morgan fingerprint density at radius 3 is 2.53 bits per heavy atom. The van der Waals surface area contributed by atoms with Crippen LogP contribution in [0.25, 0.3) is 5.69 Å². The number of hydrogen-bond donors (Lipinski definition) is 1. The zero-order valence-electron chi connectivity index (χ0n) is 9.26. The third-order valence-electron chi connectivity index (χ3n) is 2.44. The van der Waals surface area contributed by atoms with Crippen molar-refractivity contribution in [3.63, 3.8) is 0 Å². The van der Waals surface area contributed by atoms with Crippen LogP contribution >= 0.6 is 0 Å². The molecule has 0 bridgehead atoms. The third kappa shape index (κ3) is 2.21. The van der Waals surface area contributed by atoms with Gasteiger partial charge in [0.15, 0.2) is 5.56 Å². The molecular formula is C10H7F3N4O2. The van der Waals surface area contributed by atoms with Gasteiger partial charge in [-0.25, -0.2) is 4.98 Å². The largest absolute Gasteiger partial charge is 0.425 e. The summed E-state index contributed by atoms with van der Waals surface area (Å²) in [6, 6.07) is 2.12. The Hall–Kier alpha value is -2.58. The molecule has 0 unspecified atom stereocenters. The summed E-state index contributed by atoms with van der Waals surface area (Å²) in [6.45, 7) is 0. The molecule has 1 heterocycles. The number of imidazole rings is 1. The maximum atomic E-state index is 13.0. The second-order valence-corrected chi connectivity index (χ2v) is 3.62. The van der Waals surface area contributed by atoms with Gasteiger partial charge in [-0.3, -0.25) is 10.1 Å². The summed E-state index contributed by atoms with van der Waals surface area (Å²) in [5, 5.41) is 10.8. The first kappa shape index (κ1) is 12.9. The Bertz CT molecular complexity index is 622. The molecule has 0 aliphatic carbocycles. The fraction of sp³-hybridized carbons (Fsp3) is 0.100. The van der Waals surface area contributed by atoms with Gasteiger partial charge in [-0.05, 0) is 12.1 Å². The number of nitro benzene ring substituents is 1. The van der Waals surface area contributed by atoms with Crippen molar-refractivity contribution >= 4 is 11.4 Å². The van der Waals surface area contributed by atoms with E-state index in [4.69, 9.17) is 5.73 Å². The molecule has 1 aromatic carbocycles. The maximum absolute atomic E-state index is 13.0. The van der Waals surface area contributed by atoms with E-state index in [1.807, 2.05) is 0 Å². The minimum Gasteiger partial charge on any atom is -0.393 e. The van der Waals surface area contributed by atoms with Crippen LogP contribution < -0.4 is 5.73 Å². The number of halogens is 3. The molecule has 9 heteroatoms. The van der Waals surface area contributed by atoms with Crippen molar-refractivity contribution < 1.29 is 18.1 Å². The van der Waals surface area contributed by atoms with E-state index in [9.17, 15) is 23.3 Å². The molecule has 0 saturated heterocycles. The highest BCUT2D eigenvalue weighted by atomic mass is 19.4. The highest BCUT2D eigenvalue weighted by Crippen LogP contribution is 2.42. The zero-order valence-corrected chi connectivity index (χ0v) is 9.26. The molecule has 1 aromatic heterocycles. The molecular weight excluding hydrogens is 265 g/mol. The molecule has 0 atom stereocenters. The molecule has 0 aliphatic heterocycles. The maximum Gasteiger partial charge on any atom is 0.425 e. The predicted molar refractivity (Wildman–Crippen MR) is 59.6 cm³/mol. The van der Waals surface area contributed by atoms with Crippen molar-refractivity contribution in [1.29, 1.82) is 0 Å². The molecule has 2 N–H and O–H groups in total. The van der Waals surface area contributed by atoms with Crippen LogP contribution in [0, 0.1) is 10.1 Å². The topological polar surface area (TPSA) is 87.0 Å². The van der Waals surface area contributed by atoms with Gasteiger partial charge in [-0.2, -0.15) is 13.2 Å². The van der Waals surface area contributed by atoms with Crippen LogP contribution in [-0.4, -0.2) is 14.5 Å². The molecule has 19 heavy (non-hydrogen) atoms. The summed E-state index contributed by atoms with van der Waals surface area (Å²) in [5.41, 5.74) is 1.79. The predicted octanol–water partition coefficient (Wildman–Crippen LogP) is 2.38. The second-order valence-electron chi connectivity index (χ2n) is 3.62. The van der Waals surface area contributed by atoms with E-state index in [-0.39, 0.29) is 0 Å². The number of nitrogen functional groups attached to an aromatic ring is 1. The smallest absolute Gasteiger partial charge is 0.393 e. The fourth-order valence-corrected chi connectivity index (χ4v) is 1.69. The summed E-state index contributed by atoms with van der Waals surface area (Å²) in [7, 11) is 0. The van der Waals surface area contributed by atoms with Gasteiger partial charge in [0.2, 0.25) is 0 Å². The first-order valence-corrected chi connectivity index (χ1v) is 4.94. The fourth-order valence-electron chi connectivity index (χ4n) is 1.69. The molecule has 2 aromatic rings. The van der Waals surface area contributed by atoms with Crippen LogP contribution in [0.2, 0.25) is 0 Å². The van der Waals surface area contributed by atoms with Crippen molar-refractivity contribution in [2.75, 3.05) is 5.73 Å². The Labute approximate surface area is 104 Å². The summed E-state index contributed by atoms with van der Waals surface area (Å²) < 4.78 is 40.2. The highest BCUT2D eigenvalue weighted by molar-refractivity contribution is 5.69. The second kappa shape index (κ2) is 4.26. The average Bonchev–Trinajstić information content (AvgIpc) is 2.80. The number of nitrogens with two attached hydrogens (primary N) is 1. The number of anilines is 1. The van der Waals surface area contributed by atoms with Crippen LogP contribution in [0.1, 0.15) is 5.56 Å². The first-order valence-electron chi connectivity index (χ1n) is 4.94. The molecule has 0 radical (unpaired) electrons. The minimum absolute atomic E-state index is 0.397. The van der Waals surface area contributed by atoms with Gasteiger partial charge in [0.25, 0.3) is 0 Å². The lowest BCUT2D eigenvalue weighted by Crippen LogP contribution is -2.15. The summed E-state index contributed by atoms with van der Waals surface area (Å²) >= 11 is 0. The van der Waals surface area contributed by atoms with Crippen molar-refractivity contribution in [2.24, 2.45) is 0 Å². The Morgan fingerprint density at radius 1 is 1.37 bits per heavy atom. The summed E-state index contributed by atoms with van der Waals surface area (Å²) in [6.07, 6.45) is -1.27. The molecule has 6 nitrogen and oxygen atoms in total. The minimum atomic E-state index is -4.91. The summed E-state index contributed by atoms with van der Waals surface area (Å²) in [5.74, 6) is 0. The molecule has 0 spiro atoms. The van der Waals surface area contributed by atoms with Gasteiger partial charge in [0.05, 0.1) is 16.9 Å². The van der Waals surface area contributed by atoms with Crippen LogP contribution in [-0.2, 0) is 6.18 Å². The lowest BCUT2D eigenvalue weighted by atomic mass is 10.1. The van der Waals surface area contributed by atoms with E-state index in [1.54, 1.807) is 0 Å². The number of aromatic nitrogens is 2. The van der Waals surface area contributed by atoms with E-state index in [1.165, 1.54) is 12.4 Å². The molecule has 2 rings (SSSR count). The number of hydrogen-bond acceptors (Lipinski definition) is 4. The van der Waals surface area contributed by atoms with Gasteiger partial charge in [0.1, 0.15) is 5.69 Å². The van der Waals surface area contributed by atoms with Crippen LogP contribution in [0.5, 0.6) is 0 Å². The van der Waals surface area contributed by atoms with Gasteiger partial charge in [0, 0.05) is 12.4 Å². The number of nitro groups is 1. The first-order chi connectivity index (χ1) is 8.82. The van der Waals surface area contributed by atoms with Crippen molar-refractivity contribution in [3.05, 3.63) is 46.5 Å². The lowest BCUT2D eigenvalue weighted by Gasteiger charge is -2.14. The third-order valence-corrected chi connectivity index (χ3v) is 2.44. The van der Waals surface area contributed by atoms with Gasteiger partial charge >= 0.3 is 11.9 Å². The number of nitrogens with zero attached hydrogens (tertiary/aromatic N) is 3. The van der Waals surface area contributed by atoms with Crippen molar-refractivity contribution in [1.82, 2.24) is 9.55 Å². The van der Waals surface area contributed by atoms with Gasteiger partial charge in [-0.15, -0.1) is 0 Å². The number of benzene rings is 1. The summed E-state index contributed by atoms with van der Waals surface area (Å²) in [4.78, 5) is 13.3. The Morgan fingerprint density at radius 2 is 2.05 bits per heavy atom. The number of alkyl halides is 3. The van der Waals surface area contributed by atoms with Crippen LogP contribution in [0.3, 0.4) is 0 Å². The van der Waals surface area contributed by atoms with Gasteiger partial charge in [-0.1, -0.05) is 0 Å². The highest BCUT2D eigenvalue weighted by Gasteiger charge is 2.42. The SMILES string of the molecule is Nc1ccc(-n2ccnc2)c(C(F)(F)F)c1[N+](=O)[O-]. The molecule has 0 aliphatic rings. The van der Waals surface area contributed by atoms with E-state index < -0.39 is 33.7 Å². The van der Waals surface area contributed by atoms with Crippen molar-refractivity contribution in [3.8, 4) is 5.69 Å². The normalized spacial score (nSPS) is 11.5. The van der Waals surface area contributed by atoms with Crippen LogP contribution in [0.15, 0.2) is 30.9 Å². The van der Waals surface area contributed by atoms with E-state index in [0.29, 0.717) is 0 Å². The van der Waals surface area contributed by atoms with Gasteiger partial charge < -0.3 is 10.3 Å². The van der Waals surface area contributed by atoms with E-state index in [0.717, 1.165) is 23.0 Å². The monoisotopic (exact) mass is 272 g/mol. The zero-order chi connectivity index (χ0) is 14.2. The van der Waals surface area contributed by atoms with Crippen molar-refractivity contribution in [2.45, 2.75) is 6.18 Å². The quantitative estimate of drug-likeness (QED) is 0.516. The van der Waals surface area contributed by atoms with E-state index in [2.05, 4.69) is 4.98 Å². The lowest BCUT2D eigenvalue weighted by molar-refractivity contribution is -0.387. The Kier molecular flexibility index (Phi) is 2.89.